The summed E-state index contributed by atoms with van der Waals surface area (Å²) in [5, 5.41) is 0. The highest BCUT2D eigenvalue weighted by atomic mass is 28.4. The van der Waals surface area contributed by atoms with E-state index < -0.39 is 15.0 Å². The Balaban J connectivity index is 4.03. The van der Waals surface area contributed by atoms with E-state index in [1.807, 2.05) is 0 Å². The second-order valence-electron chi connectivity index (χ2n) is 5.41. The van der Waals surface area contributed by atoms with Gasteiger partial charge >= 0.3 is 8.56 Å². The third-order valence-corrected chi connectivity index (χ3v) is 7.47. The van der Waals surface area contributed by atoms with Crippen LogP contribution in [0, 0.1) is 0 Å². The summed E-state index contributed by atoms with van der Waals surface area (Å²) in [4.78, 5) is 0. The van der Waals surface area contributed by atoms with Gasteiger partial charge in [-0.25, -0.2) is 8.78 Å². The third kappa shape index (κ3) is 9.83. The summed E-state index contributed by atoms with van der Waals surface area (Å²) in [6.07, 6.45) is 5.91. The molecule has 0 aromatic rings. The van der Waals surface area contributed by atoms with Crippen LogP contribution < -0.4 is 0 Å². The van der Waals surface area contributed by atoms with Crippen LogP contribution in [0.2, 0.25) is 12.1 Å². The molecule has 0 aliphatic heterocycles. The molecule has 0 fully saturated rings. The summed E-state index contributed by atoms with van der Waals surface area (Å²) in [6, 6.07) is 1.84. The zero-order valence-corrected chi connectivity index (χ0v) is 14.4. The van der Waals surface area contributed by atoms with Crippen LogP contribution in [0.4, 0.5) is 8.78 Å². The van der Waals surface area contributed by atoms with Gasteiger partial charge in [-0.1, -0.05) is 58.8 Å². The SMILES string of the molecule is CCCCCCCC[Si](CCC)(OC)OCCC(F)F. The Kier molecular flexibility index (Phi) is 12.7. The number of alkyl halides is 2. The monoisotopic (exact) mass is 310 g/mol. The van der Waals surface area contributed by atoms with Gasteiger partial charge in [-0.05, 0) is 12.1 Å². The number of hydrogen-bond acceptors (Lipinski definition) is 2. The molecule has 0 saturated carbocycles. The van der Waals surface area contributed by atoms with Gasteiger partial charge in [-0.3, -0.25) is 0 Å². The topological polar surface area (TPSA) is 18.5 Å². The normalized spacial score (nSPS) is 14.7. The smallest absolute Gasteiger partial charge is 0.337 e. The van der Waals surface area contributed by atoms with Crippen LogP contribution in [0.1, 0.15) is 65.2 Å². The Morgan fingerprint density at radius 1 is 0.900 bits per heavy atom. The van der Waals surface area contributed by atoms with E-state index in [4.69, 9.17) is 8.85 Å². The molecule has 0 aromatic carbocycles. The zero-order valence-electron chi connectivity index (χ0n) is 13.4. The van der Waals surface area contributed by atoms with E-state index in [0.29, 0.717) is 0 Å². The molecule has 0 rings (SSSR count). The third-order valence-electron chi connectivity index (χ3n) is 3.62. The van der Waals surface area contributed by atoms with Crippen LogP contribution >= 0.6 is 0 Å². The molecular weight excluding hydrogens is 278 g/mol. The van der Waals surface area contributed by atoms with Gasteiger partial charge in [-0.15, -0.1) is 0 Å². The van der Waals surface area contributed by atoms with Crippen molar-refractivity contribution in [3.63, 3.8) is 0 Å². The Morgan fingerprint density at radius 2 is 1.55 bits per heavy atom. The number of hydrogen-bond donors (Lipinski definition) is 0. The quantitative estimate of drug-likeness (QED) is 0.311. The maximum atomic E-state index is 12.2. The molecule has 5 heteroatoms. The van der Waals surface area contributed by atoms with Gasteiger partial charge in [0.05, 0.1) is 0 Å². The van der Waals surface area contributed by atoms with Crippen molar-refractivity contribution in [2.45, 2.75) is 83.7 Å². The minimum Gasteiger partial charge on any atom is -0.398 e. The van der Waals surface area contributed by atoms with E-state index in [1.165, 1.54) is 32.1 Å². The van der Waals surface area contributed by atoms with Crippen LogP contribution in [0.25, 0.3) is 0 Å². The lowest BCUT2D eigenvalue weighted by molar-refractivity contribution is 0.0992. The van der Waals surface area contributed by atoms with Gasteiger partial charge in [0.1, 0.15) is 0 Å². The molecular formula is C15H32F2O2Si. The van der Waals surface area contributed by atoms with E-state index in [0.717, 1.165) is 24.9 Å². The van der Waals surface area contributed by atoms with Gasteiger partial charge in [0.2, 0.25) is 6.43 Å². The largest absolute Gasteiger partial charge is 0.398 e. The first-order chi connectivity index (χ1) is 9.60. The second kappa shape index (κ2) is 12.7. The molecule has 0 bridgehead atoms. The van der Waals surface area contributed by atoms with Crippen molar-refractivity contribution in [1.82, 2.24) is 0 Å². The van der Waals surface area contributed by atoms with E-state index in [2.05, 4.69) is 13.8 Å². The van der Waals surface area contributed by atoms with Crippen LogP contribution in [0.3, 0.4) is 0 Å². The van der Waals surface area contributed by atoms with E-state index in [1.54, 1.807) is 7.11 Å². The fourth-order valence-electron chi connectivity index (χ4n) is 2.42. The van der Waals surface area contributed by atoms with Gasteiger partial charge < -0.3 is 8.85 Å². The lowest BCUT2D eigenvalue weighted by Gasteiger charge is -2.29. The molecule has 0 aliphatic rings. The predicted molar refractivity (Wildman–Crippen MR) is 82.6 cm³/mol. The molecule has 2 nitrogen and oxygen atoms in total. The minimum absolute atomic E-state index is 0.133. The number of halogens is 2. The molecule has 1 atom stereocenters. The zero-order chi connectivity index (χ0) is 15.3. The summed E-state index contributed by atoms with van der Waals surface area (Å²) in [5.74, 6) is 0. The summed E-state index contributed by atoms with van der Waals surface area (Å²) in [5.41, 5.74) is 0. The molecule has 0 aliphatic carbocycles. The van der Waals surface area contributed by atoms with Crippen LogP contribution in [0.15, 0.2) is 0 Å². The van der Waals surface area contributed by atoms with Gasteiger partial charge in [-0.2, -0.15) is 0 Å². The van der Waals surface area contributed by atoms with E-state index in [-0.39, 0.29) is 13.0 Å². The minimum atomic E-state index is -2.28. The number of unbranched alkanes of at least 4 members (excludes halogenated alkanes) is 5. The van der Waals surface area contributed by atoms with E-state index in [9.17, 15) is 8.78 Å². The summed E-state index contributed by atoms with van der Waals surface area (Å²) in [6.45, 7) is 4.44. The number of rotatable bonds is 14. The maximum absolute atomic E-state index is 12.2. The summed E-state index contributed by atoms with van der Waals surface area (Å²) >= 11 is 0. The maximum Gasteiger partial charge on any atom is 0.337 e. The van der Waals surface area contributed by atoms with Gasteiger partial charge in [0.15, 0.2) is 0 Å². The lowest BCUT2D eigenvalue weighted by Crippen LogP contribution is -2.41. The summed E-state index contributed by atoms with van der Waals surface area (Å²) < 4.78 is 35.9. The van der Waals surface area contributed by atoms with Crippen molar-refractivity contribution in [2.75, 3.05) is 13.7 Å². The molecule has 122 valence electrons. The molecule has 0 aromatic heterocycles. The molecule has 0 N–H and O–H groups in total. The van der Waals surface area contributed by atoms with Crippen molar-refractivity contribution in [3.05, 3.63) is 0 Å². The van der Waals surface area contributed by atoms with Crippen molar-refractivity contribution >= 4 is 8.56 Å². The molecule has 0 saturated heterocycles. The van der Waals surface area contributed by atoms with Crippen molar-refractivity contribution in [3.8, 4) is 0 Å². The second-order valence-corrected chi connectivity index (χ2v) is 8.93. The van der Waals surface area contributed by atoms with Gasteiger partial charge in [0, 0.05) is 20.1 Å². The predicted octanol–water partition coefficient (Wildman–Crippen LogP) is 5.52. The Morgan fingerprint density at radius 3 is 2.10 bits per heavy atom. The highest BCUT2D eigenvalue weighted by molar-refractivity contribution is 6.67. The average molecular weight is 311 g/mol. The molecule has 1 unspecified atom stereocenters. The molecule has 0 heterocycles. The van der Waals surface area contributed by atoms with Crippen LogP contribution in [-0.4, -0.2) is 28.7 Å². The van der Waals surface area contributed by atoms with Gasteiger partial charge in [0.25, 0.3) is 0 Å². The Labute approximate surface area is 124 Å². The molecule has 0 spiro atoms. The highest BCUT2D eigenvalue weighted by Gasteiger charge is 2.35. The van der Waals surface area contributed by atoms with Crippen molar-refractivity contribution in [1.29, 1.82) is 0 Å². The molecule has 0 amide bonds. The molecule has 20 heavy (non-hydrogen) atoms. The Hall–Kier alpha value is -0.00312. The fourth-order valence-corrected chi connectivity index (χ4v) is 5.53. The van der Waals surface area contributed by atoms with E-state index >= 15 is 0 Å². The summed E-state index contributed by atoms with van der Waals surface area (Å²) in [7, 11) is -0.556. The first-order valence-electron chi connectivity index (χ1n) is 8.07. The van der Waals surface area contributed by atoms with Crippen LogP contribution in [-0.2, 0) is 8.85 Å². The van der Waals surface area contributed by atoms with Crippen molar-refractivity contribution in [2.24, 2.45) is 0 Å². The first-order valence-corrected chi connectivity index (χ1v) is 10.3. The average Bonchev–Trinajstić information content (AvgIpc) is 2.42. The highest BCUT2D eigenvalue weighted by Crippen LogP contribution is 2.24. The standard InChI is InChI=1S/C15H32F2O2Si/c1-4-6-7-8-9-10-14-20(18-3,13-5-2)19-12-11-15(16)17/h15H,4-14H2,1-3H3. The molecule has 0 radical (unpaired) electrons. The van der Waals surface area contributed by atoms with Crippen LogP contribution in [0.5, 0.6) is 0 Å². The fraction of sp³-hybridized carbons (Fsp3) is 1.00. The Bertz CT molecular complexity index is 218. The first kappa shape index (κ1) is 20.0. The van der Waals surface area contributed by atoms with Crippen molar-refractivity contribution < 1.29 is 17.6 Å². The lowest BCUT2D eigenvalue weighted by atomic mass is 10.1.